The van der Waals surface area contributed by atoms with Crippen molar-refractivity contribution >= 4 is 5.97 Å². The Labute approximate surface area is 138 Å². The number of hydrogen-bond acceptors (Lipinski definition) is 3. The van der Waals surface area contributed by atoms with Crippen LogP contribution in [-0.2, 0) is 16.1 Å². The van der Waals surface area contributed by atoms with Crippen LogP contribution in [0.15, 0.2) is 54.6 Å². The number of ether oxygens (including phenoxy) is 1. The summed E-state index contributed by atoms with van der Waals surface area (Å²) in [5.74, 6) is -0.163. The molecule has 0 aliphatic heterocycles. The molecule has 23 heavy (non-hydrogen) atoms. The Morgan fingerprint density at radius 2 is 1.61 bits per heavy atom. The Hall–Kier alpha value is -2.13. The third-order valence-electron chi connectivity index (χ3n) is 3.72. The summed E-state index contributed by atoms with van der Waals surface area (Å²) in [7, 11) is 0. The van der Waals surface area contributed by atoms with Crippen LogP contribution >= 0.6 is 0 Å². The third-order valence-corrected chi connectivity index (χ3v) is 3.72. The Morgan fingerprint density at radius 1 is 1.00 bits per heavy atom. The molecule has 0 aliphatic carbocycles. The molecule has 0 atom stereocenters. The van der Waals surface area contributed by atoms with E-state index in [2.05, 4.69) is 41.7 Å². The van der Waals surface area contributed by atoms with Crippen molar-refractivity contribution < 1.29 is 9.53 Å². The predicted octanol–water partition coefficient (Wildman–Crippen LogP) is 4.18. The fourth-order valence-electron chi connectivity index (χ4n) is 2.42. The van der Waals surface area contributed by atoms with Gasteiger partial charge in [-0.05, 0) is 37.5 Å². The first-order valence-corrected chi connectivity index (χ1v) is 8.05. The van der Waals surface area contributed by atoms with E-state index in [4.69, 9.17) is 4.74 Å². The lowest BCUT2D eigenvalue weighted by Crippen LogP contribution is -2.41. The van der Waals surface area contributed by atoms with Crippen molar-refractivity contribution in [2.45, 2.75) is 39.3 Å². The second-order valence-corrected chi connectivity index (χ2v) is 6.28. The van der Waals surface area contributed by atoms with Gasteiger partial charge in [0.1, 0.15) is 0 Å². The molecule has 1 N–H and O–H groups in total. The van der Waals surface area contributed by atoms with Crippen molar-refractivity contribution in [3.63, 3.8) is 0 Å². The van der Waals surface area contributed by atoms with Crippen LogP contribution in [0.4, 0.5) is 0 Å². The maximum absolute atomic E-state index is 11.6. The van der Waals surface area contributed by atoms with Gasteiger partial charge >= 0.3 is 5.97 Å². The van der Waals surface area contributed by atoms with Crippen LogP contribution in [0.3, 0.4) is 0 Å². The van der Waals surface area contributed by atoms with Crippen molar-refractivity contribution in [1.82, 2.24) is 5.32 Å². The van der Waals surface area contributed by atoms with Gasteiger partial charge < -0.3 is 10.1 Å². The minimum Gasteiger partial charge on any atom is -0.466 e. The molecular formula is C20H25NO2. The number of esters is 1. The molecule has 0 heterocycles. The summed E-state index contributed by atoms with van der Waals surface area (Å²) in [6, 6.07) is 18.8. The van der Waals surface area contributed by atoms with Gasteiger partial charge in [0.25, 0.3) is 0 Å². The molecule has 0 saturated carbocycles. The molecule has 0 aromatic heterocycles. The maximum Gasteiger partial charge on any atom is 0.307 e. The SMILES string of the molecule is CCOC(=O)CC(C)(C)NCc1ccc(-c2ccccc2)cc1. The highest BCUT2D eigenvalue weighted by atomic mass is 16.5. The van der Waals surface area contributed by atoms with E-state index in [-0.39, 0.29) is 11.5 Å². The van der Waals surface area contributed by atoms with Crippen LogP contribution in [0.25, 0.3) is 11.1 Å². The van der Waals surface area contributed by atoms with Crippen LogP contribution in [0.2, 0.25) is 0 Å². The summed E-state index contributed by atoms with van der Waals surface area (Å²) in [6.45, 7) is 7.01. The predicted molar refractivity (Wildman–Crippen MR) is 94.0 cm³/mol. The quantitative estimate of drug-likeness (QED) is 0.780. The first-order chi connectivity index (χ1) is 11.0. The van der Waals surface area contributed by atoms with Gasteiger partial charge in [-0.2, -0.15) is 0 Å². The molecule has 0 saturated heterocycles. The van der Waals surface area contributed by atoms with Crippen LogP contribution < -0.4 is 5.32 Å². The van der Waals surface area contributed by atoms with E-state index in [1.807, 2.05) is 39.0 Å². The molecule has 2 aromatic rings. The highest BCUT2D eigenvalue weighted by Crippen LogP contribution is 2.19. The molecule has 3 heteroatoms. The van der Waals surface area contributed by atoms with Gasteiger partial charge in [0, 0.05) is 12.1 Å². The van der Waals surface area contributed by atoms with E-state index in [1.54, 1.807) is 0 Å². The van der Waals surface area contributed by atoms with Gasteiger partial charge in [0.15, 0.2) is 0 Å². The first-order valence-electron chi connectivity index (χ1n) is 8.05. The minimum atomic E-state index is -0.287. The number of hydrogen-bond donors (Lipinski definition) is 1. The van der Waals surface area contributed by atoms with Crippen molar-refractivity contribution in [2.75, 3.05) is 6.61 Å². The second kappa shape index (κ2) is 7.93. The van der Waals surface area contributed by atoms with Crippen LogP contribution in [-0.4, -0.2) is 18.1 Å². The molecule has 0 fully saturated rings. The summed E-state index contributed by atoms with van der Waals surface area (Å²) in [4.78, 5) is 11.6. The van der Waals surface area contributed by atoms with Gasteiger partial charge in [-0.3, -0.25) is 4.79 Å². The summed E-state index contributed by atoms with van der Waals surface area (Å²) in [5.41, 5.74) is 3.33. The third kappa shape index (κ3) is 5.53. The van der Waals surface area contributed by atoms with E-state index < -0.39 is 0 Å². The van der Waals surface area contributed by atoms with Crippen LogP contribution in [0, 0.1) is 0 Å². The Morgan fingerprint density at radius 3 is 2.22 bits per heavy atom. The molecule has 0 radical (unpaired) electrons. The van der Waals surface area contributed by atoms with Crippen molar-refractivity contribution in [1.29, 1.82) is 0 Å². The van der Waals surface area contributed by atoms with Gasteiger partial charge in [-0.15, -0.1) is 0 Å². The zero-order chi connectivity index (χ0) is 16.7. The monoisotopic (exact) mass is 311 g/mol. The summed E-state index contributed by atoms with van der Waals surface area (Å²) in [6.07, 6.45) is 0.364. The minimum absolute atomic E-state index is 0.163. The fourth-order valence-corrected chi connectivity index (χ4v) is 2.42. The standard InChI is InChI=1S/C20H25NO2/c1-4-23-19(22)14-20(2,3)21-15-16-10-12-18(13-11-16)17-8-6-5-7-9-17/h5-13,21H,4,14-15H2,1-3H3. The van der Waals surface area contributed by atoms with Crippen molar-refractivity contribution in [3.05, 3.63) is 60.2 Å². The number of nitrogens with one attached hydrogen (secondary N) is 1. The van der Waals surface area contributed by atoms with Gasteiger partial charge in [0.2, 0.25) is 0 Å². The number of carbonyl (C=O) groups excluding carboxylic acids is 1. The van der Waals surface area contributed by atoms with Crippen molar-refractivity contribution in [2.24, 2.45) is 0 Å². The van der Waals surface area contributed by atoms with Crippen molar-refractivity contribution in [3.8, 4) is 11.1 Å². The zero-order valence-electron chi connectivity index (χ0n) is 14.1. The molecular weight excluding hydrogens is 286 g/mol. The molecule has 0 aliphatic rings. The molecule has 3 nitrogen and oxygen atoms in total. The lowest BCUT2D eigenvalue weighted by Gasteiger charge is -2.25. The lowest BCUT2D eigenvalue weighted by molar-refractivity contribution is -0.144. The Balaban J connectivity index is 1.92. The number of carbonyl (C=O) groups is 1. The van der Waals surface area contributed by atoms with E-state index in [9.17, 15) is 4.79 Å². The van der Waals surface area contributed by atoms with Gasteiger partial charge in [0.05, 0.1) is 13.0 Å². The highest BCUT2D eigenvalue weighted by molar-refractivity contribution is 5.70. The molecule has 0 bridgehead atoms. The molecule has 0 unspecified atom stereocenters. The van der Waals surface area contributed by atoms with Gasteiger partial charge in [-0.1, -0.05) is 54.6 Å². The molecule has 0 spiro atoms. The smallest absolute Gasteiger partial charge is 0.307 e. The van der Waals surface area contributed by atoms with E-state index in [1.165, 1.54) is 16.7 Å². The average Bonchev–Trinajstić information content (AvgIpc) is 2.54. The largest absolute Gasteiger partial charge is 0.466 e. The van der Waals surface area contributed by atoms with Gasteiger partial charge in [-0.25, -0.2) is 0 Å². The Bertz CT molecular complexity index is 618. The maximum atomic E-state index is 11.6. The lowest BCUT2D eigenvalue weighted by atomic mass is 9.99. The molecule has 2 aromatic carbocycles. The zero-order valence-corrected chi connectivity index (χ0v) is 14.1. The van der Waals surface area contributed by atoms with E-state index >= 15 is 0 Å². The fraction of sp³-hybridized carbons (Fsp3) is 0.350. The number of benzene rings is 2. The summed E-state index contributed by atoms with van der Waals surface area (Å²) < 4.78 is 5.02. The van der Waals surface area contributed by atoms with E-state index in [0.29, 0.717) is 13.0 Å². The second-order valence-electron chi connectivity index (χ2n) is 6.28. The molecule has 2 rings (SSSR count). The normalized spacial score (nSPS) is 11.3. The van der Waals surface area contributed by atoms with Crippen LogP contribution in [0.1, 0.15) is 32.8 Å². The molecule has 0 amide bonds. The average molecular weight is 311 g/mol. The summed E-state index contributed by atoms with van der Waals surface area (Å²) >= 11 is 0. The topological polar surface area (TPSA) is 38.3 Å². The Kier molecular flexibility index (Phi) is 5.94. The molecule has 122 valence electrons. The summed E-state index contributed by atoms with van der Waals surface area (Å²) in [5, 5.41) is 3.42. The van der Waals surface area contributed by atoms with Crippen LogP contribution in [0.5, 0.6) is 0 Å². The number of rotatable bonds is 7. The first kappa shape index (κ1) is 17.2. The highest BCUT2D eigenvalue weighted by Gasteiger charge is 2.21. The van der Waals surface area contributed by atoms with E-state index in [0.717, 1.165) is 6.54 Å².